The molecule has 0 aliphatic heterocycles. The normalized spacial score (nSPS) is 9.83. The predicted octanol–water partition coefficient (Wildman–Crippen LogP) is -67.3. The Morgan fingerprint density at radius 3 is 0.204 bits per heavy atom. The third-order valence-corrected chi connectivity index (χ3v) is 30.8. The van der Waals surface area contributed by atoms with Crippen molar-refractivity contribution < 1.29 is 0 Å². The van der Waals surface area contributed by atoms with Crippen LogP contribution in [0.15, 0.2) is 0 Å². The highest BCUT2D eigenvalue weighted by atomic mass is 13.5. The van der Waals surface area contributed by atoms with E-state index in [1.54, 1.807) is 0 Å². The fourth-order valence-electron chi connectivity index (χ4n) is 30.1. The standard InChI is InChI=1S/B103H105/c1-53-79(52)92(78(50)51)99(93(80(54(2)3)55(4)5)81(56(6)7)57(8)9)102(98(90(74(42)43)75(44)45)91(76(46)47)77(48)49)103(100(94(82(58(10)11)59(12)13)83(60(14)15)61(16)17)95(84(62(18)19)63(20)21)85(64(22)23)65(24)25)101(96(86(66(26)27)67(28)29)87(68(30)31)69(32)33)97(88(70(34)35)71(36)37)89(72(38)39)73(40)41/h53H,1-52H2. The van der Waals surface area contributed by atoms with Gasteiger partial charge in [0.25, 0.3) is 0 Å². The van der Waals surface area contributed by atoms with Gasteiger partial charge in [-0.3, -0.25) is 0 Å². The van der Waals surface area contributed by atoms with Crippen LogP contribution < -0.4 is 0 Å². The molecule has 0 unspecified atom stereocenters. The average Bonchev–Trinajstić information content (AvgIpc) is 0.707. The van der Waals surface area contributed by atoms with Gasteiger partial charge in [0.1, 0.15) is 0 Å². The molecule has 0 atom stereocenters. The highest BCUT2D eigenvalue weighted by Gasteiger charge is 2.69. The number of hydrogen-bond acceptors (Lipinski definition) is 0. The van der Waals surface area contributed by atoms with Crippen molar-refractivity contribution in [2.75, 3.05) is 0 Å². The molecule has 0 saturated heterocycles. The Kier molecular flexibility index (Phi) is 54.0. The Balaban J connectivity index is 15.0. The Morgan fingerprint density at radius 2 is 0.146 bits per heavy atom. The summed E-state index contributed by atoms with van der Waals surface area (Å²) in [5.74, 6) is 0. The second-order valence-corrected chi connectivity index (χ2v) is 46.3. The van der Waals surface area contributed by atoms with E-state index >= 15 is 0 Å². The van der Waals surface area contributed by atoms with Crippen LogP contribution in [0.2, 0.25) is 0 Å². The first-order valence-corrected chi connectivity index (χ1v) is 46.9. The molecule has 0 fully saturated rings. The van der Waals surface area contributed by atoms with Crippen molar-refractivity contribution >= 4 is 729 Å². The van der Waals surface area contributed by atoms with Gasteiger partial charge in [-0.1, -0.05) is 0 Å². The summed E-state index contributed by atoms with van der Waals surface area (Å²) in [5.41, 5.74) is 0. The van der Waals surface area contributed by atoms with Crippen molar-refractivity contribution in [3.05, 3.63) is 0 Å². The van der Waals surface area contributed by atoms with Gasteiger partial charge in [0.2, 0.25) is 0 Å². The molecule has 0 saturated carbocycles. The van der Waals surface area contributed by atoms with E-state index in [4.69, 9.17) is 0 Å². The Morgan fingerprint density at radius 1 is 0.0874 bits per heavy atom. The zero-order chi connectivity index (χ0) is 81.6. The van der Waals surface area contributed by atoms with Crippen molar-refractivity contribution in [1.82, 2.24) is 0 Å². The second-order valence-electron chi connectivity index (χ2n) is 46.3. The van der Waals surface area contributed by atoms with Crippen LogP contribution in [0.4, 0.5) is 0 Å². The average molecular weight is 1220 g/mol. The van der Waals surface area contributed by atoms with E-state index in [1.807, 2.05) is 0 Å². The molecule has 0 nitrogen and oxygen atoms in total. The molecule has 103 heavy (non-hydrogen) atoms. The molecule has 0 aromatic carbocycles. The predicted molar refractivity (Wildman–Crippen MR) is 739 cm³/mol. The van der Waals surface area contributed by atoms with Crippen LogP contribution in [0.1, 0.15) is 0 Å². The third kappa shape index (κ3) is 29.5. The van der Waals surface area contributed by atoms with Crippen molar-refractivity contribution in [3.8, 4) is 0 Å². The van der Waals surface area contributed by atoms with Gasteiger partial charge >= 0.3 is 0 Å². The Labute approximate surface area is 721 Å². The van der Waals surface area contributed by atoms with E-state index in [9.17, 15) is 0 Å². The minimum absolute atomic E-state index is 0.410. The molecule has 0 bridgehead atoms. The molecule has 0 rings (SSSR count). The number of hydrogen-bond donors (Lipinski definition) is 0. The minimum Gasteiger partial charge on any atom is 0.000000152 e. The van der Waals surface area contributed by atoms with Gasteiger partial charge in [-0.15, -0.1) is 0 Å². The molecule has 0 aromatic rings. The van der Waals surface area contributed by atoms with E-state index < -0.39 is 0 Å². The van der Waals surface area contributed by atoms with E-state index in [1.165, 1.54) is 7.06 Å². The smallest absolute Gasteiger partial charge is 0.000000152 e. The molecule has 0 aromatic heterocycles. The first-order valence-electron chi connectivity index (χ1n) is 46.9. The molecule has 103 heteroatoms. The summed E-state index contributed by atoms with van der Waals surface area (Å²) in [7, 11) is 146. The first-order chi connectivity index (χ1) is 46.9. The van der Waals surface area contributed by atoms with Crippen LogP contribution in [0.25, 0.3) is 0 Å². The lowest BCUT2D eigenvalue weighted by molar-refractivity contribution is 3.12. The van der Waals surface area contributed by atoms with Crippen molar-refractivity contribution in [2.24, 2.45) is 0 Å². The molecule has 0 spiro atoms. The maximum absolute atomic E-state index is 2.87. The highest BCUT2D eigenvalue weighted by Crippen LogP contribution is 2.31. The van der Waals surface area contributed by atoms with Crippen LogP contribution in [0.5, 0.6) is 0 Å². The van der Waals surface area contributed by atoms with Crippen molar-refractivity contribution in [1.29, 1.82) is 0 Å². The quantitative estimate of drug-likeness (QED) is 0.0533. The molecule has 0 radical (unpaired) electrons. The largest absolute Gasteiger partial charge is 0.0594 e. The zero-order valence-corrected chi connectivity index (χ0v) is 81.6. The van der Waals surface area contributed by atoms with Gasteiger partial charge in [0.05, 0.1) is 402 Å². The lowest BCUT2D eigenvalue weighted by atomic mass is 8.18. The molecule has 0 N–H and O–H groups in total. The molecule has 0 aliphatic rings. The molecular weight excluding hydrogens is 1110 g/mol. The topological polar surface area (TPSA) is 0 Å². The first kappa shape index (κ1) is 110. The summed E-state index contributed by atoms with van der Waals surface area (Å²) >= 11 is 0. The fourth-order valence-corrected chi connectivity index (χ4v) is 30.1. The van der Waals surface area contributed by atoms with E-state index in [2.05, 4.69) is 402 Å². The van der Waals surface area contributed by atoms with Crippen LogP contribution in [-0.4, -0.2) is 729 Å². The van der Waals surface area contributed by atoms with Crippen molar-refractivity contribution in [3.63, 3.8) is 0 Å². The van der Waals surface area contributed by atoms with Crippen molar-refractivity contribution in [2.45, 2.75) is 0 Å². The highest BCUT2D eigenvalue weighted by molar-refractivity contribution is 8.44. The maximum Gasteiger partial charge on any atom is 0.0594 e. The lowest BCUT2D eigenvalue weighted by Crippen LogP contribution is -3.01. The minimum atomic E-state index is 0.410. The van der Waals surface area contributed by atoms with Gasteiger partial charge in [-0.25, -0.2) is 0 Å². The van der Waals surface area contributed by atoms with Crippen LogP contribution in [0.3, 0.4) is 0 Å². The summed E-state index contributed by atoms with van der Waals surface area (Å²) in [6.45, 7) is 0. The van der Waals surface area contributed by atoms with E-state index in [0.717, 1.165) is 0 Å². The van der Waals surface area contributed by atoms with Gasteiger partial charge in [0.15, 0.2) is 0 Å². The lowest BCUT2D eigenvalue weighted by Gasteiger charge is -2.63. The molecule has 0 heterocycles. The van der Waals surface area contributed by atoms with Gasteiger partial charge in [-0.05, 0) is 0 Å². The summed E-state index contributed by atoms with van der Waals surface area (Å²) in [5, 5.41) is 0. The van der Waals surface area contributed by atoms with E-state index in [-0.39, 0.29) is 0 Å². The Bertz CT molecular complexity index is 1740. The molecule has 414 valence electrons. The van der Waals surface area contributed by atoms with Crippen LogP contribution >= 0.6 is 0 Å². The SMILES string of the molecule is BBB(B)B(B(B)B)B(B(B(B(B)B)B(B)B)B(B(B)B)B(B)B)B(B(B(B(B)B)B(B)B)B(B(B)B)B(B)B)B(B(B(B(B(B)B)B(B)B)B(B(B)B)B(B)B)B(B(B(B)B)B(B)B)B(B(B)B)B(B)B)B(B(B(B(B)B)B(B)B)B(B(B)B)B(B)B)B(B(B(B)B)B(B)B)B(B(B)B)B(B)B. The maximum atomic E-state index is 2.87. The van der Waals surface area contributed by atoms with E-state index in [0.29, 0.717) is 319 Å². The second kappa shape index (κ2) is 50.7. The molecular formula is H105B103. The molecule has 0 aliphatic carbocycles. The van der Waals surface area contributed by atoms with Crippen LogP contribution in [0, 0.1) is 0 Å². The third-order valence-electron chi connectivity index (χ3n) is 30.8. The fraction of sp³-hybridized carbons (Fsp3) is 0. The van der Waals surface area contributed by atoms with Gasteiger partial charge in [0, 0.05) is 326 Å². The van der Waals surface area contributed by atoms with Gasteiger partial charge < -0.3 is 0 Å². The van der Waals surface area contributed by atoms with Gasteiger partial charge in [-0.2, -0.15) is 0 Å². The summed E-state index contributed by atoms with van der Waals surface area (Å²) in [6, 6.07) is 0. The summed E-state index contributed by atoms with van der Waals surface area (Å²) in [6.07, 6.45) is 26.0. The molecule has 0 amide bonds. The zero-order valence-electron chi connectivity index (χ0n) is 81.6. The number of rotatable bonds is 50. The summed E-state index contributed by atoms with van der Waals surface area (Å²) < 4.78 is 0. The monoisotopic (exact) mass is 1240 g/mol. The Hall–Kier alpha value is 6.69. The summed E-state index contributed by atoms with van der Waals surface area (Å²) in [4.78, 5) is 0. The van der Waals surface area contributed by atoms with Crippen LogP contribution in [-0.2, 0) is 0 Å².